The highest BCUT2D eigenvalue weighted by molar-refractivity contribution is 6.33. The molecule has 0 radical (unpaired) electrons. The van der Waals surface area contributed by atoms with E-state index >= 15 is 0 Å². The minimum absolute atomic E-state index is 0.620. The summed E-state index contributed by atoms with van der Waals surface area (Å²) in [6, 6.07) is 128. The lowest BCUT2D eigenvalue weighted by Gasteiger charge is -2.15. The fraction of sp³-hybridized carbons (Fsp3) is 0. The van der Waals surface area contributed by atoms with Crippen LogP contribution in [-0.4, -0.2) is 59.8 Å². The van der Waals surface area contributed by atoms with Gasteiger partial charge in [-0.25, -0.2) is 29.9 Å². The first-order chi connectivity index (χ1) is 62.5. The Morgan fingerprint density at radius 2 is 0.357 bits per heavy atom. The summed E-state index contributed by atoms with van der Waals surface area (Å²) in [5.74, 6) is 1.90. The van der Waals surface area contributed by atoms with Crippen LogP contribution in [0.1, 0.15) is 0 Å². The Morgan fingerprint density at radius 1 is 0.135 bits per heavy atom. The Morgan fingerprint density at radius 3 is 0.667 bits per heavy atom. The summed E-state index contributed by atoms with van der Waals surface area (Å²) in [6.45, 7) is 0. The quantitative estimate of drug-likeness (QED) is 0.120. The molecule has 0 aliphatic rings. The van der Waals surface area contributed by atoms with Crippen LogP contribution in [0.5, 0.6) is 0 Å². The van der Waals surface area contributed by atoms with Crippen LogP contribution in [0, 0.1) is 0 Å². The molecule has 0 spiro atoms. The number of fused-ring (bicyclic) bond motifs is 24. The molecule has 12 nitrogen and oxygen atoms in total. The van der Waals surface area contributed by atoms with Crippen LogP contribution < -0.4 is 0 Å². The topological polar surface area (TPSA) is 155 Å². The van der Waals surface area contributed by atoms with Gasteiger partial charge in [0.1, 0.15) is 0 Å². The van der Waals surface area contributed by atoms with Gasteiger partial charge in [0.05, 0.1) is 50.2 Å². The zero-order valence-corrected chi connectivity index (χ0v) is 67.8. The zero-order valence-electron chi connectivity index (χ0n) is 67.8. The maximum atomic E-state index is 5.41. The molecule has 0 fully saturated rings. The molecule has 0 saturated heterocycles. The zero-order chi connectivity index (χ0) is 83.4. The number of benzene rings is 15. The maximum absolute atomic E-state index is 5.41. The second kappa shape index (κ2) is 31.7. The molecule has 0 aliphatic heterocycles. The van der Waals surface area contributed by atoms with E-state index in [2.05, 4.69) is 288 Å². The van der Waals surface area contributed by atoms with Gasteiger partial charge in [-0.05, 0) is 155 Å². The fourth-order valence-corrected chi connectivity index (χ4v) is 18.1. The van der Waals surface area contributed by atoms with Gasteiger partial charge < -0.3 is 0 Å². The molecule has 586 valence electrons. The van der Waals surface area contributed by atoms with Crippen molar-refractivity contribution in [3.8, 4) is 112 Å². The molecule has 25 rings (SSSR count). The van der Waals surface area contributed by atoms with E-state index in [0.29, 0.717) is 17.5 Å². The normalized spacial score (nSPS) is 11.5. The van der Waals surface area contributed by atoms with Crippen LogP contribution in [0.2, 0.25) is 0 Å². The first-order valence-corrected chi connectivity index (χ1v) is 42.0. The van der Waals surface area contributed by atoms with E-state index in [1.54, 1.807) is 18.6 Å². The molecular formula is C114H70N12. The van der Waals surface area contributed by atoms with Crippen LogP contribution in [0.15, 0.2) is 426 Å². The number of hydrogen-bond donors (Lipinski definition) is 0. The lowest BCUT2D eigenvalue weighted by Crippen LogP contribution is -2.00. The van der Waals surface area contributed by atoms with Gasteiger partial charge in [0.25, 0.3) is 0 Å². The predicted molar refractivity (Wildman–Crippen MR) is 517 cm³/mol. The Hall–Kier alpha value is -17.2. The first-order valence-electron chi connectivity index (χ1n) is 42.0. The second-order valence-corrected chi connectivity index (χ2v) is 31.3. The second-order valence-electron chi connectivity index (χ2n) is 31.3. The van der Waals surface area contributed by atoms with Gasteiger partial charge in [-0.15, -0.1) is 0 Å². The summed E-state index contributed by atoms with van der Waals surface area (Å²) in [7, 11) is 0. The standard InChI is InChI=1S/C42H26N4.C41H25N5.C31H19N3/c1-3-12-36-34(10-1)35-11-2-4-13-37(35)42-39(36)41-38(14-7-21-45-41)40(46-42)28-17-15-27(16-18-28)31-22-32(29-8-5-19-43-25-29)24-33(23-31)30-9-6-20-44-26-30;1-3-12-27(13-4-1)39-44-40(28-14-5-2-6-15-28)46-41(45-39)29-23-21-26(22-24-29)36-34-20-11-25-42-37(34)35-32-18-9-7-16-30(32)31-17-8-10-19-33(31)38(35)43-36;1-3-10-25-23(8-1)24-9-2-4-11-26(24)31-28(25)30-27(12-6-18-33-30)29(34-31)21-15-13-20(14-16-21)22-7-5-17-32-19-22/h1-26H;1-25H;1-19H. The van der Waals surface area contributed by atoms with E-state index in [1.165, 1.54) is 43.1 Å². The average molecular weight is 1610 g/mol. The van der Waals surface area contributed by atoms with Crippen LogP contribution in [0.25, 0.3) is 242 Å². The number of hydrogen-bond acceptors (Lipinski definition) is 12. The highest BCUT2D eigenvalue weighted by Crippen LogP contribution is 2.46. The van der Waals surface area contributed by atoms with Crippen molar-refractivity contribution in [2.24, 2.45) is 0 Å². The predicted octanol–water partition coefficient (Wildman–Crippen LogP) is 28.3. The van der Waals surface area contributed by atoms with Crippen molar-refractivity contribution >= 4 is 130 Å². The lowest BCUT2D eigenvalue weighted by molar-refractivity contribution is 1.07. The SMILES string of the molecule is c1ccc(-c2nc(-c3ccccc3)nc(-c3ccc(-c4nc5c6ccccc6c6ccccc6c5c5ncccc45)cc3)n2)cc1.c1cncc(-c2cc(-c3ccc(-c4nc5c6ccccc6c6ccccc6c5c5ncccc45)cc3)cc(-c3cccnc3)c2)c1.c1cncc(-c2ccc(-c3nc4c5ccccc5c5ccccc5c4c4ncccc34)cc2)c1. The van der Waals surface area contributed by atoms with E-state index in [0.717, 1.165) is 182 Å². The molecule has 126 heavy (non-hydrogen) atoms. The Balaban J connectivity index is 0.000000110. The molecule has 0 saturated carbocycles. The summed E-state index contributed by atoms with van der Waals surface area (Å²) >= 11 is 0. The molecule has 10 aromatic heterocycles. The molecule has 12 heteroatoms. The lowest BCUT2D eigenvalue weighted by atomic mass is 9.93. The summed E-state index contributed by atoms with van der Waals surface area (Å²) in [4.78, 5) is 58.5. The Kier molecular flexibility index (Phi) is 18.6. The molecule has 15 aromatic carbocycles. The molecule has 10 heterocycles. The first kappa shape index (κ1) is 73.9. The van der Waals surface area contributed by atoms with E-state index in [9.17, 15) is 0 Å². The van der Waals surface area contributed by atoms with E-state index in [4.69, 9.17) is 44.9 Å². The average Bonchev–Trinajstić information content (AvgIpc) is 0.728. The van der Waals surface area contributed by atoms with E-state index in [1.807, 2.05) is 134 Å². The van der Waals surface area contributed by atoms with Crippen molar-refractivity contribution in [2.45, 2.75) is 0 Å². The molecule has 0 unspecified atom stereocenters. The van der Waals surface area contributed by atoms with Gasteiger partial charge in [0.15, 0.2) is 17.5 Å². The largest absolute Gasteiger partial charge is 0.264 e. The van der Waals surface area contributed by atoms with Gasteiger partial charge in [0.2, 0.25) is 0 Å². The van der Waals surface area contributed by atoms with Crippen molar-refractivity contribution in [3.63, 3.8) is 0 Å². The summed E-state index contributed by atoms with van der Waals surface area (Å²) in [6.07, 6.45) is 16.7. The number of aromatic nitrogens is 12. The van der Waals surface area contributed by atoms with Gasteiger partial charge in [-0.3, -0.25) is 29.9 Å². The monoisotopic (exact) mass is 1610 g/mol. The summed E-state index contributed by atoms with van der Waals surface area (Å²) in [5, 5.41) is 20.6. The van der Waals surface area contributed by atoms with Gasteiger partial charge in [0, 0.05) is 149 Å². The molecule has 0 amide bonds. The number of rotatable bonds is 10. The third kappa shape index (κ3) is 13.3. The van der Waals surface area contributed by atoms with E-state index < -0.39 is 0 Å². The molecule has 0 bridgehead atoms. The van der Waals surface area contributed by atoms with Gasteiger partial charge in [-0.1, -0.05) is 297 Å². The Labute approximate surface area is 723 Å². The van der Waals surface area contributed by atoms with Crippen molar-refractivity contribution in [3.05, 3.63) is 426 Å². The van der Waals surface area contributed by atoms with Crippen LogP contribution in [-0.2, 0) is 0 Å². The van der Waals surface area contributed by atoms with Gasteiger partial charge in [-0.2, -0.15) is 0 Å². The third-order valence-electron chi connectivity index (χ3n) is 24.0. The van der Waals surface area contributed by atoms with Crippen LogP contribution in [0.4, 0.5) is 0 Å². The molecular weight excluding hydrogens is 1540 g/mol. The molecule has 25 aromatic rings. The van der Waals surface area contributed by atoms with Crippen molar-refractivity contribution in [1.82, 2.24) is 59.8 Å². The highest BCUT2D eigenvalue weighted by atomic mass is 15.0. The van der Waals surface area contributed by atoms with Crippen molar-refractivity contribution in [2.75, 3.05) is 0 Å². The van der Waals surface area contributed by atoms with Crippen molar-refractivity contribution < 1.29 is 0 Å². The minimum atomic E-state index is 0.620. The maximum Gasteiger partial charge on any atom is 0.164 e. The van der Waals surface area contributed by atoms with E-state index in [-0.39, 0.29) is 0 Å². The number of pyridine rings is 9. The summed E-state index contributed by atoms with van der Waals surface area (Å²) < 4.78 is 0. The minimum Gasteiger partial charge on any atom is -0.264 e. The smallest absolute Gasteiger partial charge is 0.164 e. The molecule has 0 atom stereocenters. The third-order valence-corrected chi connectivity index (χ3v) is 24.0. The number of nitrogens with zero attached hydrogens (tertiary/aromatic N) is 12. The summed E-state index contributed by atoms with van der Waals surface area (Å²) in [5.41, 5.74) is 23.4. The van der Waals surface area contributed by atoms with Crippen LogP contribution >= 0.6 is 0 Å². The molecule has 0 N–H and O–H groups in total. The highest BCUT2D eigenvalue weighted by Gasteiger charge is 2.23. The van der Waals surface area contributed by atoms with Crippen LogP contribution in [0.3, 0.4) is 0 Å². The van der Waals surface area contributed by atoms with Crippen molar-refractivity contribution in [1.29, 1.82) is 0 Å². The van der Waals surface area contributed by atoms with Gasteiger partial charge >= 0.3 is 0 Å². The fourth-order valence-electron chi connectivity index (χ4n) is 18.1. The molecule has 0 aliphatic carbocycles. The Bertz CT molecular complexity index is 8070.